The molecule has 11 nitrogen and oxygen atoms in total. The second-order valence-electron chi connectivity index (χ2n) is 9.31. The van der Waals surface area contributed by atoms with Crippen LogP contribution in [-0.4, -0.2) is 57.0 Å². The van der Waals surface area contributed by atoms with Gasteiger partial charge in [-0.2, -0.15) is 14.9 Å². The molecule has 0 atom stereocenters. The van der Waals surface area contributed by atoms with Crippen LogP contribution in [0.2, 0.25) is 0 Å². The summed E-state index contributed by atoms with van der Waals surface area (Å²) in [6.07, 6.45) is 3.77. The van der Waals surface area contributed by atoms with Gasteiger partial charge in [-0.15, -0.1) is 0 Å². The molecule has 5 aromatic rings. The summed E-state index contributed by atoms with van der Waals surface area (Å²) < 4.78 is 35.4. The summed E-state index contributed by atoms with van der Waals surface area (Å²) in [6, 6.07) is 11.9. The topological polar surface area (TPSA) is 130 Å². The highest BCUT2D eigenvalue weighted by molar-refractivity contribution is 6.04. The highest BCUT2D eigenvalue weighted by Gasteiger charge is 2.21. The van der Waals surface area contributed by atoms with Crippen molar-refractivity contribution in [2.45, 2.75) is 6.42 Å². The molecule has 2 aromatic carbocycles. The van der Waals surface area contributed by atoms with Crippen molar-refractivity contribution in [2.75, 3.05) is 36.4 Å². The molecule has 13 heteroatoms. The lowest BCUT2D eigenvalue weighted by atomic mass is 10.2. The van der Waals surface area contributed by atoms with E-state index in [0.29, 0.717) is 22.6 Å². The Kier molecular flexibility index (Phi) is 7.08. The van der Waals surface area contributed by atoms with E-state index in [9.17, 15) is 14.0 Å². The van der Waals surface area contributed by atoms with Gasteiger partial charge in [0.2, 0.25) is 0 Å². The van der Waals surface area contributed by atoms with Crippen molar-refractivity contribution in [3.8, 4) is 17.2 Å². The molecule has 0 unspecified atom stereocenters. The molecular formula is C28H24F2N8O3. The number of carbonyl (C=O) groups is 1. The first-order valence-electron chi connectivity index (χ1n) is 12.9. The maximum absolute atomic E-state index is 15.2. The second kappa shape index (κ2) is 11.1. The van der Waals surface area contributed by atoms with Gasteiger partial charge in [-0.1, -0.05) is 0 Å². The average molecular weight is 559 g/mol. The minimum atomic E-state index is -0.757. The molecule has 1 fully saturated rings. The minimum absolute atomic E-state index is 0.0669. The number of hydrogen-bond acceptors (Lipinski definition) is 8. The number of pyridine rings is 1. The Morgan fingerprint density at radius 1 is 0.976 bits per heavy atom. The summed E-state index contributed by atoms with van der Waals surface area (Å²) in [5.74, 6) is -0.965. The van der Waals surface area contributed by atoms with Crippen molar-refractivity contribution in [1.29, 1.82) is 0 Å². The molecule has 0 saturated carbocycles. The third kappa shape index (κ3) is 5.34. The Labute approximate surface area is 231 Å². The predicted molar refractivity (Wildman–Crippen MR) is 148 cm³/mol. The number of H-pyrrole nitrogens is 1. The molecule has 3 aromatic heterocycles. The molecule has 0 aliphatic carbocycles. The van der Waals surface area contributed by atoms with Crippen LogP contribution in [0, 0.1) is 11.6 Å². The molecule has 0 spiro atoms. The molecule has 0 radical (unpaired) electrons. The zero-order valence-electron chi connectivity index (χ0n) is 21.6. The summed E-state index contributed by atoms with van der Waals surface area (Å²) in [6.45, 7) is 3.28. The molecule has 208 valence electrons. The Hall–Kier alpha value is -5.17. The molecular weight excluding hydrogens is 534 g/mol. The number of hydrogen-bond donors (Lipinski definition) is 3. The standard InChI is InChI=1S/C28H24F2N8O3/c29-17-2-5-19(6-3-17)38-28(40)20(8-12-33-38)27(39)34-18-4-7-22(21(30)16-18)41-23-9-11-32-25-24(23)26(36-35-25)37-14-1-10-31-13-15-37/h2-9,11-12,16,31H,1,10,13-15H2,(H,34,39)(H,32,35,36). The number of ether oxygens (including phenoxy) is 1. The van der Waals surface area contributed by atoms with E-state index in [0.717, 1.165) is 43.3 Å². The smallest absolute Gasteiger partial charge is 0.284 e. The van der Waals surface area contributed by atoms with Crippen LogP contribution in [0.1, 0.15) is 16.8 Å². The molecule has 4 heterocycles. The van der Waals surface area contributed by atoms with Gasteiger partial charge in [0.1, 0.15) is 22.5 Å². The van der Waals surface area contributed by atoms with E-state index in [1.165, 1.54) is 48.7 Å². The largest absolute Gasteiger partial charge is 0.453 e. The number of amides is 1. The minimum Gasteiger partial charge on any atom is -0.453 e. The first kappa shape index (κ1) is 26.1. The normalized spacial score (nSPS) is 13.7. The van der Waals surface area contributed by atoms with Crippen molar-refractivity contribution in [2.24, 2.45) is 0 Å². The van der Waals surface area contributed by atoms with Crippen LogP contribution in [0.4, 0.5) is 20.3 Å². The van der Waals surface area contributed by atoms with Crippen LogP contribution in [0.25, 0.3) is 16.7 Å². The van der Waals surface area contributed by atoms with E-state index in [1.807, 2.05) is 0 Å². The van der Waals surface area contributed by atoms with Crippen LogP contribution in [0.3, 0.4) is 0 Å². The first-order valence-corrected chi connectivity index (χ1v) is 12.9. The third-order valence-corrected chi connectivity index (χ3v) is 6.62. The number of aromatic amines is 1. The Balaban J connectivity index is 1.23. The summed E-state index contributed by atoms with van der Waals surface area (Å²) in [5, 5.41) is 17.8. The molecule has 1 aliphatic rings. The Bertz CT molecular complexity index is 1780. The van der Waals surface area contributed by atoms with Gasteiger partial charge in [-0.05, 0) is 55.4 Å². The van der Waals surface area contributed by atoms with Gasteiger partial charge in [0.25, 0.3) is 11.5 Å². The summed E-state index contributed by atoms with van der Waals surface area (Å²) in [5.41, 5.74) is -0.0136. The fourth-order valence-corrected chi connectivity index (χ4v) is 4.61. The zero-order valence-corrected chi connectivity index (χ0v) is 21.6. The van der Waals surface area contributed by atoms with Gasteiger partial charge in [0.15, 0.2) is 23.0 Å². The van der Waals surface area contributed by atoms with Crippen LogP contribution >= 0.6 is 0 Å². The van der Waals surface area contributed by atoms with Crippen LogP contribution in [-0.2, 0) is 0 Å². The van der Waals surface area contributed by atoms with Gasteiger partial charge < -0.3 is 20.3 Å². The lowest BCUT2D eigenvalue weighted by molar-refractivity contribution is 0.102. The van der Waals surface area contributed by atoms with Crippen LogP contribution in [0.15, 0.2) is 71.8 Å². The second-order valence-corrected chi connectivity index (χ2v) is 9.31. The molecule has 6 rings (SSSR count). The molecule has 1 saturated heterocycles. The van der Waals surface area contributed by atoms with E-state index in [-0.39, 0.29) is 22.7 Å². The predicted octanol–water partition coefficient (Wildman–Crippen LogP) is 3.63. The molecule has 1 amide bonds. The number of anilines is 2. The SMILES string of the molecule is O=C(Nc1ccc(Oc2ccnc3[nH]nc(N4CCCNCC4)c23)c(F)c1)c1ccnn(-c2ccc(F)cc2)c1=O. The van der Waals surface area contributed by atoms with Crippen LogP contribution in [0.5, 0.6) is 11.5 Å². The van der Waals surface area contributed by atoms with E-state index in [4.69, 9.17) is 4.74 Å². The summed E-state index contributed by atoms with van der Waals surface area (Å²) in [4.78, 5) is 32.2. The Morgan fingerprint density at radius 2 is 1.83 bits per heavy atom. The lowest BCUT2D eigenvalue weighted by Crippen LogP contribution is -2.29. The number of nitrogens with zero attached hydrogens (tertiary/aromatic N) is 5. The number of nitrogens with one attached hydrogen (secondary N) is 3. The monoisotopic (exact) mass is 558 g/mol. The number of aromatic nitrogens is 5. The highest BCUT2D eigenvalue weighted by Crippen LogP contribution is 2.36. The van der Waals surface area contributed by atoms with E-state index in [2.05, 4.69) is 35.8 Å². The van der Waals surface area contributed by atoms with Gasteiger partial charge >= 0.3 is 0 Å². The maximum atomic E-state index is 15.2. The first-order chi connectivity index (χ1) is 20.0. The average Bonchev–Trinajstić information content (AvgIpc) is 3.22. The van der Waals surface area contributed by atoms with Gasteiger partial charge in [0, 0.05) is 49.8 Å². The third-order valence-electron chi connectivity index (χ3n) is 6.62. The van der Waals surface area contributed by atoms with Crippen molar-refractivity contribution in [1.82, 2.24) is 30.3 Å². The van der Waals surface area contributed by atoms with Crippen molar-refractivity contribution in [3.63, 3.8) is 0 Å². The molecule has 3 N–H and O–H groups in total. The van der Waals surface area contributed by atoms with Gasteiger partial charge in [0.05, 0.1) is 5.69 Å². The number of fused-ring (bicyclic) bond motifs is 1. The van der Waals surface area contributed by atoms with E-state index in [1.54, 1.807) is 12.3 Å². The number of carbonyl (C=O) groups excluding carboxylic acids is 1. The number of halogens is 2. The van der Waals surface area contributed by atoms with E-state index >= 15 is 4.39 Å². The van der Waals surface area contributed by atoms with Gasteiger partial charge in [-0.3, -0.25) is 14.7 Å². The quantitative estimate of drug-likeness (QED) is 0.288. The molecule has 0 bridgehead atoms. The molecule has 1 aliphatic heterocycles. The summed E-state index contributed by atoms with van der Waals surface area (Å²) >= 11 is 0. The van der Waals surface area contributed by atoms with Crippen molar-refractivity contribution >= 4 is 28.4 Å². The number of benzene rings is 2. The van der Waals surface area contributed by atoms with Crippen molar-refractivity contribution < 1.29 is 18.3 Å². The van der Waals surface area contributed by atoms with Crippen molar-refractivity contribution in [3.05, 3.63) is 94.5 Å². The van der Waals surface area contributed by atoms with Crippen LogP contribution < -0.4 is 25.8 Å². The fourth-order valence-electron chi connectivity index (χ4n) is 4.61. The fraction of sp³-hybridized carbons (Fsp3) is 0.179. The highest BCUT2D eigenvalue weighted by atomic mass is 19.1. The molecule has 41 heavy (non-hydrogen) atoms. The van der Waals surface area contributed by atoms with Gasteiger partial charge in [-0.25, -0.2) is 13.8 Å². The number of rotatable bonds is 6. The van der Waals surface area contributed by atoms with E-state index < -0.39 is 23.1 Å². The maximum Gasteiger partial charge on any atom is 0.284 e. The summed E-state index contributed by atoms with van der Waals surface area (Å²) in [7, 11) is 0. The zero-order chi connectivity index (χ0) is 28.3. The lowest BCUT2D eigenvalue weighted by Gasteiger charge is -2.20. The Morgan fingerprint density at radius 3 is 2.66 bits per heavy atom.